The van der Waals surface area contributed by atoms with Crippen LogP contribution in [0.4, 0.5) is 10.6 Å². The molecule has 5 rings (SSSR count). The third-order valence-corrected chi connectivity index (χ3v) is 9.30. The zero-order valence-corrected chi connectivity index (χ0v) is 31.4. The first-order valence-corrected chi connectivity index (χ1v) is 18.4. The molecule has 1 unspecified atom stereocenters. The molecule has 290 valence electrons. The summed E-state index contributed by atoms with van der Waals surface area (Å²) in [5, 5.41) is 36.0. The number of aliphatic hydroxyl groups excluding tert-OH is 2. The topological polar surface area (TPSA) is 208 Å². The zero-order chi connectivity index (χ0) is 38.8. The quantitative estimate of drug-likeness (QED) is 0.0778. The second-order valence-corrected chi connectivity index (χ2v) is 13.7. The molecule has 16 heteroatoms. The normalized spacial score (nSPS) is 18.4. The number of imidazole rings is 1. The minimum atomic E-state index is -1.52. The van der Waals surface area contributed by atoms with Crippen molar-refractivity contribution in [1.29, 1.82) is 0 Å². The van der Waals surface area contributed by atoms with E-state index in [-0.39, 0.29) is 47.8 Å². The highest BCUT2D eigenvalue weighted by Crippen LogP contribution is 2.33. The van der Waals surface area contributed by atoms with Crippen molar-refractivity contribution in [3.05, 3.63) is 83.9 Å². The highest BCUT2D eigenvalue weighted by Gasteiger charge is 2.47. The molecule has 1 fully saturated rings. The summed E-state index contributed by atoms with van der Waals surface area (Å²) in [5.74, 6) is -1.24. The summed E-state index contributed by atoms with van der Waals surface area (Å²) in [4.78, 5) is 54.4. The molecule has 54 heavy (non-hydrogen) atoms. The predicted octanol–water partition coefficient (Wildman–Crippen LogP) is 1.97. The fourth-order valence-corrected chi connectivity index (χ4v) is 6.61. The van der Waals surface area contributed by atoms with E-state index in [9.17, 15) is 24.6 Å². The van der Waals surface area contributed by atoms with Gasteiger partial charge in [-0.15, -0.1) is 0 Å². The van der Waals surface area contributed by atoms with Crippen LogP contribution >= 0.6 is 0 Å². The van der Waals surface area contributed by atoms with Crippen molar-refractivity contribution in [3.8, 4) is 0 Å². The minimum Gasteiger partial charge on any atom is -0.387 e. The number of aliphatic hydroxyl groups is 2. The lowest BCUT2D eigenvalue weighted by molar-refractivity contribution is -0.137. The number of ether oxygens (including phenoxy) is 1. The summed E-state index contributed by atoms with van der Waals surface area (Å²) in [5.41, 5.74) is 2.54. The number of amides is 4. The summed E-state index contributed by atoms with van der Waals surface area (Å²) in [6.07, 6.45) is -4.24. The minimum absolute atomic E-state index is 0.0920. The Labute approximate surface area is 315 Å². The smallest absolute Gasteiger partial charge is 0.314 e. The van der Waals surface area contributed by atoms with Gasteiger partial charge in [-0.3, -0.25) is 19.1 Å². The monoisotopic (exact) mass is 744 g/mol. The van der Waals surface area contributed by atoms with E-state index < -0.39 is 36.4 Å². The standard InChI is InChI=1S/C38H52N10O6/c1-6-39-35(51)31-29(49)30(50)37(54-31)48-22-44-28-32(43-21-27(25-13-9-7-10-14-25)26-15-11-8-12-16-26)45-33(46-34(28)48)36(52)40-17-18-41-38(53)42-19-20-47(23(2)3)24(4)5/h7-16,22-24,27,29-31,37,49-50H,6,17-21H2,1-5H3,(H,39,51)(H,40,52)(H2,41,42,53)(H,43,45,46)/t29-,30+,31-,37?/m0/s1. The van der Waals surface area contributed by atoms with Crippen molar-refractivity contribution in [2.75, 3.05) is 44.6 Å². The molecule has 2 aromatic heterocycles. The number of likely N-dealkylation sites (N-methyl/N-ethyl adjacent to an activating group) is 1. The van der Waals surface area contributed by atoms with E-state index in [1.165, 1.54) is 10.9 Å². The van der Waals surface area contributed by atoms with Gasteiger partial charge in [0.05, 0.1) is 6.33 Å². The van der Waals surface area contributed by atoms with Gasteiger partial charge in [0.2, 0.25) is 5.82 Å². The SMILES string of the molecule is CCNC(=O)[C@H]1OC(n2cnc3c(NCC(c4ccccc4)c4ccccc4)nc(C(=O)NCCNC(=O)NCCN(C(C)C)C(C)C)nc32)[C@H](O)[C@@H]1O. The van der Waals surface area contributed by atoms with Gasteiger partial charge in [-0.1, -0.05) is 60.7 Å². The summed E-state index contributed by atoms with van der Waals surface area (Å²) in [6.45, 7) is 12.3. The molecule has 0 spiro atoms. The maximum Gasteiger partial charge on any atom is 0.314 e. The van der Waals surface area contributed by atoms with E-state index in [1.54, 1.807) is 6.92 Å². The Morgan fingerprint density at radius 2 is 1.44 bits per heavy atom. The largest absolute Gasteiger partial charge is 0.387 e. The van der Waals surface area contributed by atoms with Gasteiger partial charge in [-0.2, -0.15) is 0 Å². The number of carbonyl (C=O) groups excluding carboxylic acids is 3. The molecule has 1 aliphatic heterocycles. The number of aromatic nitrogens is 4. The van der Waals surface area contributed by atoms with Crippen LogP contribution in [0.3, 0.4) is 0 Å². The van der Waals surface area contributed by atoms with Gasteiger partial charge in [-0.05, 0) is 45.7 Å². The molecule has 16 nitrogen and oxygen atoms in total. The van der Waals surface area contributed by atoms with Crippen LogP contribution in [0.25, 0.3) is 11.2 Å². The van der Waals surface area contributed by atoms with Crippen molar-refractivity contribution in [3.63, 3.8) is 0 Å². The van der Waals surface area contributed by atoms with Crippen LogP contribution in [0.1, 0.15) is 68.5 Å². The van der Waals surface area contributed by atoms with Crippen LogP contribution in [0, 0.1) is 0 Å². The van der Waals surface area contributed by atoms with Crippen molar-refractivity contribution in [2.45, 2.75) is 77.2 Å². The van der Waals surface area contributed by atoms with Crippen molar-refractivity contribution in [1.82, 2.24) is 45.7 Å². The average molecular weight is 745 g/mol. The maximum absolute atomic E-state index is 13.5. The number of nitrogens with zero attached hydrogens (tertiary/aromatic N) is 5. The molecule has 0 bridgehead atoms. The molecule has 0 saturated carbocycles. The maximum atomic E-state index is 13.5. The first-order valence-electron chi connectivity index (χ1n) is 18.4. The number of anilines is 1. The Kier molecular flexibility index (Phi) is 13.9. The Hall–Kier alpha value is -5.16. The highest BCUT2D eigenvalue weighted by molar-refractivity contribution is 5.94. The number of hydrogen-bond donors (Lipinski definition) is 7. The summed E-state index contributed by atoms with van der Waals surface area (Å²) < 4.78 is 7.23. The fraction of sp³-hybridized carbons (Fsp3) is 0.474. The molecule has 0 radical (unpaired) electrons. The molecule has 4 atom stereocenters. The number of rotatable bonds is 17. The van der Waals surface area contributed by atoms with Crippen LogP contribution in [-0.2, 0) is 9.53 Å². The molecule has 7 N–H and O–H groups in total. The first-order chi connectivity index (χ1) is 26.0. The molecular formula is C38H52N10O6. The summed E-state index contributed by atoms with van der Waals surface area (Å²) in [6, 6.07) is 20.3. The third kappa shape index (κ3) is 9.68. The Balaban J connectivity index is 1.35. The average Bonchev–Trinajstić information content (AvgIpc) is 3.72. The van der Waals surface area contributed by atoms with Crippen LogP contribution in [0.15, 0.2) is 67.0 Å². The Bertz CT molecular complexity index is 1790. The number of nitrogens with one attached hydrogen (secondary N) is 5. The number of hydrogen-bond acceptors (Lipinski definition) is 11. The number of urea groups is 1. The fourth-order valence-electron chi connectivity index (χ4n) is 6.61. The second kappa shape index (κ2) is 18.7. The summed E-state index contributed by atoms with van der Waals surface area (Å²) in [7, 11) is 0. The van der Waals surface area contributed by atoms with Gasteiger partial charge in [0.15, 0.2) is 29.3 Å². The lowest BCUT2D eigenvalue weighted by atomic mass is 9.91. The zero-order valence-electron chi connectivity index (χ0n) is 31.4. The Morgan fingerprint density at radius 3 is 2.06 bits per heavy atom. The van der Waals surface area contributed by atoms with E-state index in [4.69, 9.17) is 4.74 Å². The molecule has 3 heterocycles. The number of carbonyl (C=O) groups is 3. The van der Waals surface area contributed by atoms with E-state index in [2.05, 4.69) is 74.1 Å². The predicted molar refractivity (Wildman–Crippen MR) is 204 cm³/mol. The van der Waals surface area contributed by atoms with Crippen LogP contribution in [0.2, 0.25) is 0 Å². The molecule has 4 amide bonds. The van der Waals surface area contributed by atoms with Crippen LogP contribution in [-0.4, -0.2) is 122 Å². The molecule has 1 aliphatic rings. The van der Waals surface area contributed by atoms with Gasteiger partial charge in [0, 0.05) is 57.3 Å². The second-order valence-electron chi connectivity index (χ2n) is 13.7. The number of fused-ring (bicyclic) bond motifs is 1. The van der Waals surface area contributed by atoms with Gasteiger partial charge in [0.1, 0.15) is 12.2 Å². The summed E-state index contributed by atoms with van der Waals surface area (Å²) >= 11 is 0. The van der Waals surface area contributed by atoms with E-state index in [1.807, 2.05) is 60.7 Å². The number of benzene rings is 2. The molecular weight excluding hydrogens is 692 g/mol. The van der Waals surface area contributed by atoms with Crippen LogP contribution in [0.5, 0.6) is 0 Å². The van der Waals surface area contributed by atoms with E-state index in [0.717, 1.165) is 11.1 Å². The van der Waals surface area contributed by atoms with Gasteiger partial charge in [-0.25, -0.2) is 19.7 Å². The van der Waals surface area contributed by atoms with Crippen LogP contribution < -0.4 is 26.6 Å². The molecule has 1 saturated heterocycles. The van der Waals surface area contributed by atoms with E-state index >= 15 is 0 Å². The van der Waals surface area contributed by atoms with Gasteiger partial charge < -0.3 is 41.5 Å². The lowest BCUT2D eigenvalue weighted by Crippen LogP contribution is -2.45. The molecule has 4 aromatic rings. The third-order valence-electron chi connectivity index (χ3n) is 9.30. The van der Waals surface area contributed by atoms with Crippen molar-refractivity contribution < 1.29 is 29.3 Å². The van der Waals surface area contributed by atoms with Gasteiger partial charge >= 0.3 is 6.03 Å². The molecule has 0 aliphatic carbocycles. The Morgan fingerprint density at radius 1 is 0.833 bits per heavy atom. The molecule has 2 aromatic carbocycles. The van der Waals surface area contributed by atoms with E-state index in [0.29, 0.717) is 38.3 Å². The lowest BCUT2D eigenvalue weighted by Gasteiger charge is -2.30. The first kappa shape index (κ1) is 40.0. The van der Waals surface area contributed by atoms with Crippen molar-refractivity contribution in [2.24, 2.45) is 0 Å². The highest BCUT2D eigenvalue weighted by atomic mass is 16.6. The van der Waals surface area contributed by atoms with Crippen molar-refractivity contribution >= 4 is 34.8 Å². The van der Waals surface area contributed by atoms with Gasteiger partial charge in [0.25, 0.3) is 11.8 Å².